The van der Waals surface area contributed by atoms with Gasteiger partial charge in [0.15, 0.2) is 5.60 Å². The van der Waals surface area contributed by atoms with E-state index in [9.17, 15) is 24.9 Å². The van der Waals surface area contributed by atoms with E-state index in [0.717, 1.165) is 25.7 Å². The summed E-state index contributed by atoms with van der Waals surface area (Å²) in [6, 6.07) is 10.9. The zero-order valence-electron chi connectivity index (χ0n) is 24.3. The highest BCUT2D eigenvalue weighted by atomic mass is 35.5. The Kier molecular flexibility index (Phi) is 9.16. The molecule has 2 heterocycles. The number of ether oxygens (including phenoxy) is 1. The van der Waals surface area contributed by atoms with Gasteiger partial charge >= 0.3 is 5.97 Å². The van der Waals surface area contributed by atoms with Gasteiger partial charge in [0.1, 0.15) is 5.75 Å². The number of amides is 1. The number of hydrogen-bond acceptors (Lipinski definition) is 6. The molecule has 1 aliphatic carbocycles. The molecule has 0 saturated heterocycles. The number of rotatable bonds is 4. The van der Waals surface area contributed by atoms with Crippen LogP contribution in [-0.2, 0) is 21.6 Å². The van der Waals surface area contributed by atoms with Crippen LogP contribution in [0.1, 0.15) is 61.6 Å². The van der Waals surface area contributed by atoms with Crippen LogP contribution >= 0.6 is 11.6 Å². The number of hydrogen-bond donors (Lipinski definition) is 3. The van der Waals surface area contributed by atoms with Crippen molar-refractivity contribution in [1.29, 1.82) is 0 Å². The van der Waals surface area contributed by atoms with E-state index in [2.05, 4.69) is 17.9 Å². The molecule has 3 N–H and O–H groups in total. The van der Waals surface area contributed by atoms with E-state index in [0.29, 0.717) is 49.1 Å². The molecule has 3 aliphatic rings. The van der Waals surface area contributed by atoms with Gasteiger partial charge in [-0.05, 0) is 78.5 Å². The van der Waals surface area contributed by atoms with Gasteiger partial charge in [-0.3, -0.25) is 4.79 Å². The van der Waals surface area contributed by atoms with E-state index >= 15 is 0 Å². The van der Waals surface area contributed by atoms with Crippen molar-refractivity contribution < 1.29 is 29.6 Å². The van der Waals surface area contributed by atoms with E-state index in [1.807, 2.05) is 24.3 Å². The second kappa shape index (κ2) is 12.7. The van der Waals surface area contributed by atoms with Gasteiger partial charge in [0, 0.05) is 37.6 Å². The molecule has 2 aromatic rings. The van der Waals surface area contributed by atoms with Crippen molar-refractivity contribution in [1.82, 2.24) is 4.90 Å². The lowest BCUT2D eigenvalue weighted by molar-refractivity contribution is -0.164. The van der Waals surface area contributed by atoms with Crippen LogP contribution < -0.4 is 9.64 Å². The number of benzene rings is 2. The molecule has 1 fully saturated rings. The van der Waals surface area contributed by atoms with Crippen molar-refractivity contribution in [2.24, 2.45) is 11.8 Å². The number of aliphatic carboxylic acids is 1. The van der Waals surface area contributed by atoms with Crippen LogP contribution in [0.15, 0.2) is 48.6 Å². The molecule has 2 aromatic carbocycles. The lowest BCUT2D eigenvalue weighted by Gasteiger charge is -2.43. The third kappa shape index (κ3) is 6.17. The number of fused-ring (bicyclic) bond motifs is 2. The minimum Gasteiger partial charge on any atom is -0.491 e. The number of aliphatic hydroxyl groups excluding tert-OH is 1. The minimum atomic E-state index is -2.40. The Morgan fingerprint density at radius 1 is 1.17 bits per heavy atom. The van der Waals surface area contributed by atoms with Crippen molar-refractivity contribution in [2.45, 2.75) is 63.1 Å². The number of carbonyl (C=O) groups is 2. The minimum absolute atomic E-state index is 0.0159. The highest BCUT2D eigenvalue weighted by molar-refractivity contribution is 6.30. The number of nitrogens with zero attached hydrogens (tertiary/aromatic N) is 2. The highest BCUT2D eigenvalue weighted by Gasteiger charge is 2.43. The number of aliphatic hydroxyl groups is 2. The lowest BCUT2D eigenvalue weighted by Crippen LogP contribution is -2.44. The number of anilines is 1. The second-order valence-electron chi connectivity index (χ2n) is 12.1. The molecule has 9 heteroatoms. The quantitative estimate of drug-likeness (QED) is 0.437. The largest absolute Gasteiger partial charge is 0.491 e. The van der Waals surface area contributed by atoms with Crippen LogP contribution in [0.5, 0.6) is 5.75 Å². The summed E-state index contributed by atoms with van der Waals surface area (Å²) in [5.41, 5.74) is 0.779. The Hall–Kier alpha value is -3.07. The number of halogens is 1. The molecule has 0 aromatic heterocycles. The third-order valence-corrected chi connectivity index (χ3v) is 9.48. The molecule has 1 amide bonds. The van der Waals surface area contributed by atoms with Crippen LogP contribution in [-0.4, -0.2) is 71.5 Å². The first-order valence-electron chi connectivity index (χ1n) is 15.0. The molecule has 42 heavy (non-hydrogen) atoms. The van der Waals surface area contributed by atoms with E-state index in [1.165, 1.54) is 16.0 Å². The SMILES string of the molecule is CCCc1cc(Cl)ccc1C1COc2ccc3cc2N(C1)CC1CCC1C(O)/C=C/CCN(C)C(=O)C[C@@]3(O)C(=O)O. The summed E-state index contributed by atoms with van der Waals surface area (Å²) in [5, 5.41) is 33.3. The van der Waals surface area contributed by atoms with Crippen LogP contribution in [0, 0.1) is 11.8 Å². The third-order valence-electron chi connectivity index (χ3n) is 9.24. The Morgan fingerprint density at radius 3 is 2.69 bits per heavy atom. The fraction of sp³-hybridized carbons (Fsp3) is 0.515. The molecule has 0 spiro atoms. The standard InChI is InChI=1S/C33H41ClN2O6/c1-3-6-21-15-25(34)10-12-26(21)23-19-36-18-22-8-11-27(22)29(37)7-4-5-14-35(2)31(38)17-33(41,32(39)40)24-9-13-30(42-20-23)28(36)16-24/h4,7,9-10,12-13,15-16,22-23,27,29,37,41H,3,5-6,8,11,14,17-20H2,1-2H3,(H,39,40)/b7-4+/t22?,23?,27?,29?,33-/m0/s1. The van der Waals surface area contributed by atoms with Crippen molar-refractivity contribution in [2.75, 3.05) is 38.2 Å². The monoisotopic (exact) mass is 596 g/mol. The smallest absolute Gasteiger partial charge is 0.340 e. The molecule has 2 aliphatic heterocycles. The van der Waals surface area contributed by atoms with Crippen LogP contribution in [0.3, 0.4) is 0 Å². The summed E-state index contributed by atoms with van der Waals surface area (Å²) >= 11 is 6.37. The van der Waals surface area contributed by atoms with Crippen molar-refractivity contribution in [3.63, 3.8) is 0 Å². The molecule has 2 bridgehead atoms. The van der Waals surface area contributed by atoms with Gasteiger partial charge in [-0.1, -0.05) is 49.2 Å². The number of carboxylic acid groups (broad SMARTS) is 1. The van der Waals surface area contributed by atoms with Crippen LogP contribution in [0.2, 0.25) is 5.02 Å². The topological polar surface area (TPSA) is 111 Å². The van der Waals surface area contributed by atoms with E-state index in [-0.39, 0.29) is 23.3 Å². The van der Waals surface area contributed by atoms with Crippen molar-refractivity contribution in [3.8, 4) is 5.75 Å². The van der Waals surface area contributed by atoms with Gasteiger partial charge < -0.3 is 29.9 Å². The average Bonchev–Trinajstić information content (AvgIpc) is 3.12. The maximum absolute atomic E-state index is 13.0. The molecule has 5 atom stereocenters. The summed E-state index contributed by atoms with van der Waals surface area (Å²) in [6.07, 6.45) is 6.82. The maximum Gasteiger partial charge on any atom is 0.340 e. The van der Waals surface area contributed by atoms with Crippen LogP contribution in [0.4, 0.5) is 5.69 Å². The van der Waals surface area contributed by atoms with Gasteiger partial charge in [0.05, 0.1) is 24.8 Å². The first-order valence-corrected chi connectivity index (χ1v) is 15.3. The van der Waals surface area contributed by atoms with E-state index < -0.39 is 30.0 Å². The average molecular weight is 597 g/mol. The molecule has 226 valence electrons. The number of carboxylic acids is 1. The summed E-state index contributed by atoms with van der Waals surface area (Å²) in [5.74, 6) is -1.00. The first-order chi connectivity index (χ1) is 20.1. The fourth-order valence-electron chi connectivity index (χ4n) is 6.55. The van der Waals surface area contributed by atoms with Crippen molar-refractivity contribution >= 4 is 29.2 Å². The van der Waals surface area contributed by atoms with E-state index in [4.69, 9.17) is 16.3 Å². The lowest BCUT2D eigenvalue weighted by atomic mass is 9.70. The number of aryl methyl sites for hydroxylation is 1. The Balaban J connectivity index is 1.58. The molecule has 4 unspecified atom stereocenters. The summed E-state index contributed by atoms with van der Waals surface area (Å²) in [6.45, 7) is 4.17. The first kappa shape index (κ1) is 30.4. The Morgan fingerprint density at radius 2 is 1.98 bits per heavy atom. The zero-order valence-corrected chi connectivity index (χ0v) is 25.1. The fourth-order valence-corrected chi connectivity index (χ4v) is 6.75. The molecule has 8 nitrogen and oxygen atoms in total. The van der Waals surface area contributed by atoms with Crippen molar-refractivity contribution in [3.05, 3.63) is 70.3 Å². The summed E-state index contributed by atoms with van der Waals surface area (Å²) < 4.78 is 6.37. The second-order valence-corrected chi connectivity index (χ2v) is 12.5. The normalized spacial score (nSPS) is 29.1. The summed E-state index contributed by atoms with van der Waals surface area (Å²) in [7, 11) is 1.59. The number of carbonyl (C=O) groups excluding carboxylic acids is 1. The van der Waals surface area contributed by atoms with Gasteiger partial charge in [-0.15, -0.1) is 0 Å². The Labute approximate surface area is 252 Å². The van der Waals surface area contributed by atoms with E-state index in [1.54, 1.807) is 25.2 Å². The van der Waals surface area contributed by atoms with Gasteiger partial charge in [0.25, 0.3) is 0 Å². The zero-order chi connectivity index (χ0) is 30.0. The highest BCUT2D eigenvalue weighted by Crippen LogP contribution is 2.43. The molecular formula is C33H41ClN2O6. The summed E-state index contributed by atoms with van der Waals surface area (Å²) in [4.78, 5) is 29.2. The molecule has 5 rings (SSSR count). The molecule has 1 saturated carbocycles. The van der Waals surface area contributed by atoms with Gasteiger partial charge in [-0.2, -0.15) is 0 Å². The van der Waals surface area contributed by atoms with Gasteiger partial charge in [0.2, 0.25) is 5.91 Å². The molecular weight excluding hydrogens is 556 g/mol. The molecule has 0 radical (unpaired) electrons. The predicted molar refractivity (Wildman–Crippen MR) is 162 cm³/mol. The van der Waals surface area contributed by atoms with Crippen LogP contribution in [0.25, 0.3) is 0 Å². The predicted octanol–water partition coefficient (Wildman–Crippen LogP) is 4.74. The van der Waals surface area contributed by atoms with Gasteiger partial charge in [-0.25, -0.2) is 4.79 Å². The Bertz CT molecular complexity index is 1350. The maximum atomic E-state index is 13.0.